The number of hydrogen-bond acceptors (Lipinski definition) is 4. The fraction of sp³-hybridized carbons (Fsp3) is 0.231. The van der Waals surface area contributed by atoms with Crippen molar-refractivity contribution in [2.45, 2.75) is 32.9 Å². The Morgan fingerprint density at radius 2 is 1.57 bits per heavy atom. The number of halogens is 1. The Labute approximate surface area is 211 Å². The summed E-state index contributed by atoms with van der Waals surface area (Å²) in [5.74, 6) is -0.957. The van der Waals surface area contributed by atoms with Crippen molar-refractivity contribution in [1.29, 1.82) is 0 Å². The topological polar surface area (TPSA) is 95.6 Å². The zero-order valence-electron chi connectivity index (χ0n) is 19.9. The van der Waals surface area contributed by atoms with E-state index in [2.05, 4.69) is 10.6 Å². The van der Waals surface area contributed by atoms with E-state index in [0.29, 0.717) is 16.3 Å². The minimum Gasteiger partial charge on any atom is -0.345 e. The second-order valence-corrected chi connectivity index (χ2v) is 10.6. The SMILES string of the molecule is Cc1ccc(Cl)cc1N([C@@H](C)C(=O)Nc1ccccc1C(=O)N[C@H](C)c1ccccc1)S(C)(=O)=O. The summed E-state index contributed by atoms with van der Waals surface area (Å²) >= 11 is 6.10. The number of carbonyl (C=O) groups is 2. The van der Waals surface area contributed by atoms with E-state index in [4.69, 9.17) is 11.6 Å². The van der Waals surface area contributed by atoms with E-state index in [1.54, 1.807) is 43.3 Å². The lowest BCUT2D eigenvalue weighted by molar-refractivity contribution is -0.116. The molecule has 0 radical (unpaired) electrons. The molecule has 3 aromatic carbocycles. The molecule has 184 valence electrons. The standard InChI is InChI=1S/C26H28ClN3O4S/c1-17-14-15-21(27)16-24(17)30(35(4,33)34)19(3)25(31)29-23-13-9-8-12-22(23)26(32)28-18(2)20-10-6-5-7-11-20/h5-16,18-19H,1-4H3,(H,28,32)(H,29,31)/t18-,19+/m1/s1. The molecule has 0 heterocycles. The smallest absolute Gasteiger partial charge is 0.253 e. The van der Waals surface area contributed by atoms with Crippen LogP contribution in [-0.4, -0.2) is 32.5 Å². The Balaban J connectivity index is 1.85. The summed E-state index contributed by atoms with van der Waals surface area (Å²) < 4.78 is 26.4. The van der Waals surface area contributed by atoms with Gasteiger partial charge in [-0.05, 0) is 56.2 Å². The van der Waals surface area contributed by atoms with Crippen LogP contribution in [0.15, 0.2) is 72.8 Å². The molecule has 0 aliphatic rings. The molecular weight excluding hydrogens is 486 g/mol. The van der Waals surface area contributed by atoms with Crippen LogP contribution in [0.2, 0.25) is 5.02 Å². The van der Waals surface area contributed by atoms with Gasteiger partial charge in [0.05, 0.1) is 29.2 Å². The molecule has 35 heavy (non-hydrogen) atoms. The van der Waals surface area contributed by atoms with Crippen LogP contribution in [-0.2, 0) is 14.8 Å². The lowest BCUT2D eigenvalue weighted by Crippen LogP contribution is -2.46. The van der Waals surface area contributed by atoms with Gasteiger partial charge in [-0.2, -0.15) is 0 Å². The molecule has 3 aromatic rings. The van der Waals surface area contributed by atoms with Gasteiger partial charge in [-0.1, -0.05) is 60.1 Å². The van der Waals surface area contributed by atoms with Crippen LogP contribution >= 0.6 is 11.6 Å². The van der Waals surface area contributed by atoms with E-state index >= 15 is 0 Å². The summed E-state index contributed by atoms with van der Waals surface area (Å²) in [6, 6.07) is 19.6. The summed E-state index contributed by atoms with van der Waals surface area (Å²) in [6.07, 6.45) is 1.03. The summed E-state index contributed by atoms with van der Waals surface area (Å²) in [4.78, 5) is 26.2. The molecule has 0 fully saturated rings. The predicted octanol–water partition coefficient (Wildman–Crippen LogP) is 4.93. The molecule has 2 N–H and O–H groups in total. The first-order valence-electron chi connectivity index (χ1n) is 11.0. The Morgan fingerprint density at radius 1 is 0.943 bits per heavy atom. The van der Waals surface area contributed by atoms with Crippen LogP contribution in [0.3, 0.4) is 0 Å². The van der Waals surface area contributed by atoms with E-state index in [9.17, 15) is 18.0 Å². The van der Waals surface area contributed by atoms with Crippen LogP contribution < -0.4 is 14.9 Å². The number of para-hydroxylation sites is 1. The van der Waals surface area contributed by atoms with Gasteiger partial charge in [-0.15, -0.1) is 0 Å². The third-order valence-corrected chi connectivity index (χ3v) is 7.04. The quantitative estimate of drug-likeness (QED) is 0.446. The van der Waals surface area contributed by atoms with Crippen LogP contribution in [0.5, 0.6) is 0 Å². The maximum Gasteiger partial charge on any atom is 0.253 e. The normalized spacial score (nSPS) is 12.9. The minimum atomic E-state index is -3.83. The second-order valence-electron chi connectivity index (χ2n) is 8.31. The van der Waals surface area contributed by atoms with E-state index in [-0.39, 0.29) is 23.2 Å². The Hall–Kier alpha value is -3.36. The molecule has 0 aromatic heterocycles. The highest BCUT2D eigenvalue weighted by atomic mass is 35.5. The number of carbonyl (C=O) groups excluding carboxylic acids is 2. The van der Waals surface area contributed by atoms with Crippen molar-refractivity contribution in [2.24, 2.45) is 0 Å². The van der Waals surface area contributed by atoms with Gasteiger partial charge in [0.15, 0.2) is 0 Å². The van der Waals surface area contributed by atoms with Crippen LogP contribution in [0.4, 0.5) is 11.4 Å². The maximum atomic E-state index is 13.2. The van der Waals surface area contributed by atoms with Crippen molar-refractivity contribution >= 4 is 44.8 Å². The summed E-state index contributed by atoms with van der Waals surface area (Å²) in [7, 11) is -3.83. The molecule has 3 rings (SSSR count). The van der Waals surface area contributed by atoms with E-state index in [1.807, 2.05) is 37.3 Å². The monoisotopic (exact) mass is 513 g/mol. The molecule has 7 nitrogen and oxygen atoms in total. The minimum absolute atomic E-state index is 0.252. The van der Waals surface area contributed by atoms with Gasteiger partial charge in [0.1, 0.15) is 6.04 Å². The lowest BCUT2D eigenvalue weighted by atomic mass is 10.1. The zero-order chi connectivity index (χ0) is 25.8. The van der Waals surface area contributed by atoms with Crippen LogP contribution in [0, 0.1) is 6.92 Å². The summed E-state index contributed by atoms with van der Waals surface area (Å²) in [5.41, 5.74) is 2.44. The molecule has 0 saturated heterocycles. The van der Waals surface area contributed by atoms with Gasteiger partial charge in [0.25, 0.3) is 5.91 Å². The number of aryl methyl sites for hydroxylation is 1. The third kappa shape index (κ3) is 6.41. The fourth-order valence-corrected chi connectivity index (χ4v) is 5.12. The van der Waals surface area contributed by atoms with Gasteiger partial charge in [0.2, 0.25) is 15.9 Å². The average molecular weight is 514 g/mol. The summed E-state index contributed by atoms with van der Waals surface area (Å²) in [5, 5.41) is 6.00. The van der Waals surface area contributed by atoms with Gasteiger partial charge >= 0.3 is 0 Å². The third-order valence-electron chi connectivity index (χ3n) is 5.57. The van der Waals surface area contributed by atoms with Crippen LogP contribution in [0.1, 0.15) is 41.4 Å². The molecule has 0 unspecified atom stereocenters. The van der Waals surface area contributed by atoms with Crippen LogP contribution in [0.25, 0.3) is 0 Å². The number of sulfonamides is 1. The molecule has 2 amide bonds. The van der Waals surface area contributed by atoms with Crippen molar-refractivity contribution in [1.82, 2.24) is 5.32 Å². The van der Waals surface area contributed by atoms with Gasteiger partial charge in [-0.3, -0.25) is 13.9 Å². The predicted molar refractivity (Wildman–Crippen MR) is 140 cm³/mol. The molecule has 0 bridgehead atoms. The maximum absolute atomic E-state index is 13.2. The first kappa shape index (κ1) is 26.2. The second kappa shape index (κ2) is 10.9. The van der Waals surface area contributed by atoms with Gasteiger partial charge in [0, 0.05) is 5.02 Å². The summed E-state index contributed by atoms with van der Waals surface area (Å²) in [6.45, 7) is 5.09. The number of rotatable bonds is 8. The molecule has 0 aliphatic heterocycles. The Kier molecular flexibility index (Phi) is 8.19. The highest BCUT2D eigenvalue weighted by molar-refractivity contribution is 7.92. The Morgan fingerprint density at radius 3 is 2.23 bits per heavy atom. The molecule has 0 spiro atoms. The number of nitrogens with zero attached hydrogens (tertiary/aromatic N) is 1. The number of nitrogens with one attached hydrogen (secondary N) is 2. The van der Waals surface area contributed by atoms with Crippen molar-refractivity contribution in [3.8, 4) is 0 Å². The first-order valence-corrected chi connectivity index (χ1v) is 13.2. The molecular formula is C26H28ClN3O4S. The van der Waals surface area contributed by atoms with E-state index in [0.717, 1.165) is 16.1 Å². The molecule has 2 atom stereocenters. The van der Waals surface area contributed by atoms with Crippen molar-refractivity contribution in [2.75, 3.05) is 15.9 Å². The number of benzene rings is 3. The molecule has 9 heteroatoms. The Bertz CT molecular complexity index is 1330. The van der Waals surface area contributed by atoms with Crippen molar-refractivity contribution < 1.29 is 18.0 Å². The average Bonchev–Trinajstić information content (AvgIpc) is 2.81. The van der Waals surface area contributed by atoms with E-state index < -0.39 is 22.0 Å². The largest absolute Gasteiger partial charge is 0.345 e. The number of amides is 2. The lowest BCUT2D eigenvalue weighted by Gasteiger charge is -2.29. The van der Waals surface area contributed by atoms with Crippen molar-refractivity contribution in [3.63, 3.8) is 0 Å². The zero-order valence-corrected chi connectivity index (χ0v) is 21.5. The van der Waals surface area contributed by atoms with Gasteiger partial charge in [-0.25, -0.2) is 8.42 Å². The first-order chi connectivity index (χ1) is 16.5. The van der Waals surface area contributed by atoms with E-state index in [1.165, 1.54) is 13.0 Å². The van der Waals surface area contributed by atoms with Crippen molar-refractivity contribution in [3.05, 3.63) is 94.5 Å². The highest BCUT2D eigenvalue weighted by Gasteiger charge is 2.31. The molecule has 0 saturated carbocycles. The van der Waals surface area contributed by atoms with Gasteiger partial charge < -0.3 is 10.6 Å². The highest BCUT2D eigenvalue weighted by Crippen LogP contribution is 2.29. The molecule has 0 aliphatic carbocycles. The number of hydrogen-bond donors (Lipinski definition) is 2. The fourth-order valence-electron chi connectivity index (χ4n) is 3.73. The number of anilines is 2.